The number of fused-ring (bicyclic) bond motifs is 1. The van der Waals surface area contributed by atoms with Gasteiger partial charge in [-0.25, -0.2) is 0 Å². The lowest BCUT2D eigenvalue weighted by Crippen LogP contribution is -2.56. The van der Waals surface area contributed by atoms with Crippen molar-refractivity contribution in [2.75, 3.05) is 13.4 Å². The Labute approximate surface area is 191 Å². The number of benzene rings is 2. The van der Waals surface area contributed by atoms with Gasteiger partial charge in [0, 0.05) is 17.1 Å². The van der Waals surface area contributed by atoms with Crippen LogP contribution in [-0.2, 0) is 16.1 Å². The van der Waals surface area contributed by atoms with Gasteiger partial charge in [-0.1, -0.05) is 24.1 Å². The fraction of sp³-hybridized carbons (Fsp3) is 0.417. The molecule has 32 heavy (non-hydrogen) atoms. The van der Waals surface area contributed by atoms with Crippen LogP contribution in [0.3, 0.4) is 0 Å². The maximum atomic E-state index is 13.5. The maximum absolute atomic E-state index is 13.5. The Morgan fingerprint density at radius 2 is 1.78 bits per heavy atom. The van der Waals surface area contributed by atoms with Crippen molar-refractivity contribution in [3.05, 3.63) is 58.6 Å². The standard InChI is InChI=1S/C24H25ClN2O5/c25-18-7-5-17(6-8-18)23(29)27-19(14-32-24(27)10-2-1-3-11-24)22(28)26-13-16-4-9-20-21(12-16)31-15-30-20/h4-9,12,19H,1-3,10-11,13-15H2,(H,26,28). The summed E-state index contributed by atoms with van der Waals surface area (Å²) in [6.45, 7) is 0.711. The topological polar surface area (TPSA) is 77.1 Å². The number of nitrogens with one attached hydrogen (secondary N) is 1. The average molecular weight is 457 g/mol. The molecule has 168 valence electrons. The van der Waals surface area contributed by atoms with E-state index >= 15 is 0 Å². The van der Waals surface area contributed by atoms with E-state index in [0.29, 0.717) is 28.6 Å². The Balaban J connectivity index is 1.35. The van der Waals surface area contributed by atoms with E-state index in [2.05, 4.69) is 5.32 Å². The molecule has 7 nitrogen and oxygen atoms in total. The summed E-state index contributed by atoms with van der Waals surface area (Å²) in [5.74, 6) is 0.932. The Kier molecular flexibility index (Phi) is 5.69. The van der Waals surface area contributed by atoms with Gasteiger partial charge in [-0.3, -0.25) is 14.5 Å². The van der Waals surface area contributed by atoms with Crippen LogP contribution < -0.4 is 14.8 Å². The number of rotatable bonds is 4. The summed E-state index contributed by atoms with van der Waals surface area (Å²) in [6, 6.07) is 11.6. The first kappa shape index (κ1) is 21.1. The molecule has 5 rings (SSSR count). The molecular weight excluding hydrogens is 432 g/mol. The van der Waals surface area contributed by atoms with E-state index in [1.165, 1.54) is 0 Å². The van der Waals surface area contributed by atoms with Crippen molar-refractivity contribution in [3.63, 3.8) is 0 Å². The van der Waals surface area contributed by atoms with E-state index in [1.54, 1.807) is 29.2 Å². The van der Waals surface area contributed by atoms with Gasteiger partial charge in [0.25, 0.3) is 5.91 Å². The third-order valence-electron chi connectivity index (χ3n) is 6.41. The van der Waals surface area contributed by atoms with Crippen molar-refractivity contribution in [2.24, 2.45) is 0 Å². The van der Waals surface area contributed by atoms with Crippen molar-refractivity contribution in [1.29, 1.82) is 0 Å². The van der Waals surface area contributed by atoms with Gasteiger partial charge in [0.1, 0.15) is 11.8 Å². The van der Waals surface area contributed by atoms with Gasteiger partial charge in [-0.2, -0.15) is 0 Å². The Bertz CT molecular complexity index is 1020. The third kappa shape index (κ3) is 3.91. The molecule has 1 atom stereocenters. The number of amides is 2. The second kappa shape index (κ2) is 8.64. The molecule has 1 spiro atoms. The molecule has 8 heteroatoms. The van der Waals surface area contributed by atoms with Crippen LogP contribution in [0, 0.1) is 0 Å². The highest BCUT2D eigenvalue weighted by Crippen LogP contribution is 2.41. The van der Waals surface area contributed by atoms with Gasteiger partial charge in [0.2, 0.25) is 12.7 Å². The number of ether oxygens (including phenoxy) is 3. The monoisotopic (exact) mass is 456 g/mol. The zero-order chi connectivity index (χ0) is 22.1. The molecule has 1 N–H and O–H groups in total. The third-order valence-corrected chi connectivity index (χ3v) is 6.66. The van der Waals surface area contributed by atoms with Crippen LogP contribution in [0.4, 0.5) is 0 Å². The summed E-state index contributed by atoms with van der Waals surface area (Å²) in [5.41, 5.74) is 0.665. The quantitative estimate of drug-likeness (QED) is 0.755. The SMILES string of the molecule is O=C(NCc1ccc2c(c1)OCO2)C1COC2(CCCCC2)N1C(=O)c1ccc(Cl)cc1. The van der Waals surface area contributed by atoms with Crippen LogP contribution in [0.5, 0.6) is 11.5 Å². The van der Waals surface area contributed by atoms with Crippen molar-refractivity contribution in [3.8, 4) is 11.5 Å². The molecule has 2 aromatic rings. The number of carbonyl (C=O) groups is 2. The molecule has 2 fully saturated rings. The first-order valence-corrected chi connectivity index (χ1v) is 11.3. The number of hydrogen-bond donors (Lipinski definition) is 1. The second-order valence-electron chi connectivity index (χ2n) is 8.42. The average Bonchev–Trinajstić information content (AvgIpc) is 3.42. The van der Waals surface area contributed by atoms with Crippen molar-refractivity contribution in [1.82, 2.24) is 10.2 Å². The summed E-state index contributed by atoms with van der Waals surface area (Å²) in [4.78, 5) is 28.4. The number of nitrogens with zero attached hydrogens (tertiary/aromatic N) is 1. The summed E-state index contributed by atoms with van der Waals surface area (Å²) in [7, 11) is 0. The molecule has 1 unspecified atom stereocenters. The lowest BCUT2D eigenvalue weighted by atomic mass is 9.89. The highest BCUT2D eigenvalue weighted by molar-refractivity contribution is 6.30. The Morgan fingerprint density at radius 3 is 2.56 bits per heavy atom. The van der Waals surface area contributed by atoms with Crippen LogP contribution >= 0.6 is 11.6 Å². The first-order chi connectivity index (χ1) is 15.6. The molecule has 2 amide bonds. The van der Waals surface area contributed by atoms with Crippen LogP contribution in [-0.4, -0.2) is 41.9 Å². The minimum atomic E-state index is -0.726. The predicted molar refractivity (Wildman–Crippen MR) is 118 cm³/mol. The second-order valence-corrected chi connectivity index (χ2v) is 8.86. The molecule has 2 heterocycles. The zero-order valence-corrected chi connectivity index (χ0v) is 18.4. The van der Waals surface area contributed by atoms with Gasteiger partial charge in [-0.05, 0) is 67.6 Å². The van der Waals surface area contributed by atoms with Gasteiger partial charge < -0.3 is 19.5 Å². The highest BCUT2D eigenvalue weighted by Gasteiger charge is 2.52. The summed E-state index contributed by atoms with van der Waals surface area (Å²) in [5, 5.41) is 3.53. The van der Waals surface area contributed by atoms with E-state index in [9.17, 15) is 9.59 Å². The van der Waals surface area contributed by atoms with Gasteiger partial charge in [0.15, 0.2) is 11.5 Å². The van der Waals surface area contributed by atoms with Crippen molar-refractivity contribution >= 4 is 23.4 Å². The Hall–Kier alpha value is -2.77. The highest BCUT2D eigenvalue weighted by atomic mass is 35.5. The molecule has 1 saturated carbocycles. The molecular formula is C24H25ClN2O5. The predicted octanol–water partition coefficient (Wildman–Crippen LogP) is 3.89. The zero-order valence-electron chi connectivity index (χ0n) is 17.6. The molecule has 0 aromatic heterocycles. The van der Waals surface area contributed by atoms with Gasteiger partial charge in [-0.15, -0.1) is 0 Å². The molecule has 0 radical (unpaired) electrons. The van der Waals surface area contributed by atoms with E-state index in [-0.39, 0.29) is 25.2 Å². The minimum absolute atomic E-state index is 0.187. The van der Waals surface area contributed by atoms with Crippen LogP contribution in [0.25, 0.3) is 0 Å². The van der Waals surface area contributed by atoms with E-state index in [4.69, 9.17) is 25.8 Å². The molecule has 1 aliphatic carbocycles. The molecule has 2 aliphatic heterocycles. The van der Waals surface area contributed by atoms with Crippen LogP contribution in [0.1, 0.15) is 48.0 Å². The largest absolute Gasteiger partial charge is 0.454 e. The summed E-state index contributed by atoms with van der Waals surface area (Å²) in [6.07, 6.45) is 4.51. The molecule has 3 aliphatic rings. The van der Waals surface area contributed by atoms with Crippen molar-refractivity contribution < 1.29 is 23.8 Å². The summed E-state index contributed by atoms with van der Waals surface area (Å²) >= 11 is 6.00. The first-order valence-electron chi connectivity index (χ1n) is 11.0. The van der Waals surface area contributed by atoms with E-state index < -0.39 is 11.8 Å². The smallest absolute Gasteiger partial charge is 0.256 e. The molecule has 1 saturated heterocycles. The van der Waals surface area contributed by atoms with Gasteiger partial charge >= 0.3 is 0 Å². The number of hydrogen-bond acceptors (Lipinski definition) is 5. The number of carbonyl (C=O) groups excluding carboxylic acids is 2. The van der Waals surface area contributed by atoms with E-state index in [1.807, 2.05) is 18.2 Å². The van der Waals surface area contributed by atoms with Crippen molar-refractivity contribution in [2.45, 2.75) is 50.4 Å². The number of halogens is 1. The molecule has 0 bridgehead atoms. The lowest BCUT2D eigenvalue weighted by Gasteiger charge is -2.41. The van der Waals surface area contributed by atoms with Crippen LogP contribution in [0.2, 0.25) is 5.02 Å². The fourth-order valence-corrected chi connectivity index (χ4v) is 4.89. The maximum Gasteiger partial charge on any atom is 0.256 e. The Morgan fingerprint density at radius 1 is 1.03 bits per heavy atom. The normalized spacial score (nSPS) is 21.0. The lowest BCUT2D eigenvalue weighted by molar-refractivity contribution is -0.127. The van der Waals surface area contributed by atoms with Gasteiger partial charge in [0.05, 0.1) is 6.61 Å². The summed E-state index contributed by atoms with van der Waals surface area (Å²) < 4.78 is 16.9. The molecule has 2 aromatic carbocycles. The van der Waals surface area contributed by atoms with E-state index in [0.717, 1.165) is 37.7 Å². The van der Waals surface area contributed by atoms with Crippen LogP contribution in [0.15, 0.2) is 42.5 Å². The minimum Gasteiger partial charge on any atom is -0.454 e. The fourth-order valence-electron chi connectivity index (χ4n) is 4.76.